The maximum Gasteiger partial charge on any atom is 0.263 e. The van der Waals surface area contributed by atoms with Crippen LogP contribution < -0.4 is 10.6 Å². The highest BCUT2D eigenvalue weighted by Crippen LogP contribution is 2.29. The normalized spacial score (nSPS) is 10.7. The van der Waals surface area contributed by atoms with Crippen molar-refractivity contribution in [1.29, 1.82) is 0 Å². The number of anilines is 1. The Hall–Kier alpha value is -2.51. The molecule has 2 aromatic heterocycles. The molecule has 0 fully saturated rings. The summed E-state index contributed by atoms with van der Waals surface area (Å²) >= 11 is 2.93. The van der Waals surface area contributed by atoms with E-state index in [4.69, 9.17) is 0 Å². The van der Waals surface area contributed by atoms with Crippen LogP contribution in [0.25, 0.3) is 10.6 Å². The minimum atomic E-state index is -0.279. The Morgan fingerprint density at radius 1 is 1.11 bits per heavy atom. The van der Waals surface area contributed by atoms with Crippen LogP contribution in [-0.2, 0) is 4.79 Å². The lowest BCUT2D eigenvalue weighted by Crippen LogP contribution is -2.33. The molecule has 5 nitrogen and oxygen atoms in total. The molecule has 7 heteroatoms. The molecule has 2 N–H and O–H groups in total. The van der Waals surface area contributed by atoms with Gasteiger partial charge in [0, 0.05) is 16.6 Å². The Morgan fingerprint density at radius 3 is 2.44 bits per heavy atom. The average molecular weight is 400 g/mol. The van der Waals surface area contributed by atoms with Crippen LogP contribution in [-0.4, -0.2) is 23.3 Å². The highest BCUT2D eigenvalue weighted by molar-refractivity contribution is 7.17. The summed E-state index contributed by atoms with van der Waals surface area (Å²) in [5.41, 5.74) is 5.64. The van der Waals surface area contributed by atoms with Crippen LogP contribution in [0.1, 0.15) is 32.1 Å². The number of aryl methyl sites for hydroxylation is 4. The molecule has 2 heterocycles. The number of hydrogen-bond acceptors (Lipinski definition) is 5. The second-order valence-corrected chi connectivity index (χ2v) is 8.23. The first kappa shape index (κ1) is 19.3. The third kappa shape index (κ3) is 4.43. The van der Waals surface area contributed by atoms with Crippen LogP contribution in [0, 0.1) is 27.7 Å². The smallest absolute Gasteiger partial charge is 0.263 e. The van der Waals surface area contributed by atoms with Crippen molar-refractivity contribution in [1.82, 2.24) is 10.3 Å². The van der Waals surface area contributed by atoms with Crippen molar-refractivity contribution in [2.45, 2.75) is 27.7 Å². The molecule has 0 aliphatic carbocycles. The van der Waals surface area contributed by atoms with Gasteiger partial charge in [-0.3, -0.25) is 9.59 Å². The lowest BCUT2D eigenvalue weighted by atomic mass is 10.1. The summed E-state index contributed by atoms with van der Waals surface area (Å²) in [5, 5.41) is 10.4. The number of carbonyl (C=O) groups is 2. The van der Waals surface area contributed by atoms with Crippen LogP contribution in [0.3, 0.4) is 0 Å². The molecule has 0 aliphatic heterocycles. The number of carbonyl (C=O) groups excluding carboxylic acids is 2. The number of nitrogens with zero attached hydrogens (tertiary/aromatic N) is 1. The number of nitrogens with one attached hydrogen (secondary N) is 2. The largest absolute Gasteiger partial charge is 0.342 e. The minimum absolute atomic E-state index is 0.0866. The molecule has 0 aliphatic rings. The van der Waals surface area contributed by atoms with Gasteiger partial charge in [0.15, 0.2) is 0 Å². The van der Waals surface area contributed by atoms with Gasteiger partial charge in [0.2, 0.25) is 5.91 Å². The van der Waals surface area contributed by atoms with Crippen LogP contribution >= 0.6 is 22.7 Å². The maximum absolute atomic E-state index is 12.5. The Morgan fingerprint density at radius 2 is 1.81 bits per heavy atom. The van der Waals surface area contributed by atoms with Crippen molar-refractivity contribution in [3.05, 3.63) is 56.2 Å². The van der Waals surface area contributed by atoms with Gasteiger partial charge in [-0.05, 0) is 50.3 Å². The van der Waals surface area contributed by atoms with Gasteiger partial charge < -0.3 is 10.6 Å². The first-order valence-corrected chi connectivity index (χ1v) is 10.3. The van der Waals surface area contributed by atoms with Crippen molar-refractivity contribution in [2.24, 2.45) is 0 Å². The molecule has 0 spiro atoms. The molecule has 0 saturated heterocycles. The molecule has 1 aromatic carbocycles. The van der Waals surface area contributed by atoms with E-state index in [9.17, 15) is 9.59 Å². The predicted molar refractivity (Wildman–Crippen MR) is 112 cm³/mol. The summed E-state index contributed by atoms with van der Waals surface area (Å²) in [5.74, 6) is -0.530. The summed E-state index contributed by atoms with van der Waals surface area (Å²) in [6, 6.07) is 6.02. The van der Waals surface area contributed by atoms with Gasteiger partial charge in [-0.25, -0.2) is 4.98 Å². The average Bonchev–Trinajstić information content (AvgIpc) is 3.25. The van der Waals surface area contributed by atoms with Gasteiger partial charge in [-0.1, -0.05) is 17.7 Å². The zero-order valence-electron chi connectivity index (χ0n) is 15.7. The van der Waals surface area contributed by atoms with E-state index in [0.29, 0.717) is 10.6 Å². The second-order valence-electron chi connectivity index (χ2n) is 6.45. The molecule has 0 atom stereocenters. The molecule has 140 valence electrons. The van der Waals surface area contributed by atoms with Gasteiger partial charge in [0.1, 0.15) is 9.88 Å². The monoisotopic (exact) mass is 399 g/mol. The van der Waals surface area contributed by atoms with Gasteiger partial charge in [0.05, 0.1) is 12.2 Å². The van der Waals surface area contributed by atoms with Crippen LogP contribution in [0.2, 0.25) is 0 Å². The number of benzene rings is 1. The Kier molecular flexibility index (Phi) is 5.72. The SMILES string of the molecule is Cc1cc(C)c(NC(=O)CNC(=O)c2sc(-c3ccsc3)nc2C)c(C)c1. The topological polar surface area (TPSA) is 71.1 Å². The third-order valence-corrected chi connectivity index (χ3v) is 6.01. The third-order valence-electron chi connectivity index (χ3n) is 4.12. The van der Waals surface area contributed by atoms with E-state index >= 15 is 0 Å². The van der Waals surface area contributed by atoms with Crippen molar-refractivity contribution in [2.75, 3.05) is 11.9 Å². The van der Waals surface area contributed by atoms with E-state index in [1.165, 1.54) is 11.3 Å². The molecular formula is C20H21N3O2S2. The zero-order valence-corrected chi connectivity index (χ0v) is 17.3. The quantitative estimate of drug-likeness (QED) is 0.665. The van der Waals surface area contributed by atoms with E-state index in [0.717, 1.165) is 32.9 Å². The van der Waals surface area contributed by atoms with Crippen LogP contribution in [0.5, 0.6) is 0 Å². The molecule has 0 bridgehead atoms. The Labute approximate surface area is 166 Å². The van der Waals surface area contributed by atoms with E-state index in [2.05, 4.69) is 15.6 Å². The fourth-order valence-electron chi connectivity index (χ4n) is 2.92. The number of thiazole rings is 1. The van der Waals surface area contributed by atoms with E-state index < -0.39 is 0 Å². The molecular weight excluding hydrogens is 378 g/mol. The molecule has 0 unspecified atom stereocenters. The van der Waals surface area contributed by atoms with Gasteiger partial charge in [0.25, 0.3) is 5.91 Å². The molecule has 0 radical (unpaired) electrons. The van der Waals surface area contributed by atoms with Crippen molar-refractivity contribution in [3.8, 4) is 10.6 Å². The van der Waals surface area contributed by atoms with Crippen LogP contribution in [0.4, 0.5) is 5.69 Å². The fourth-order valence-corrected chi connectivity index (χ4v) is 4.61. The summed E-state index contributed by atoms with van der Waals surface area (Å²) in [7, 11) is 0. The summed E-state index contributed by atoms with van der Waals surface area (Å²) in [4.78, 5) is 29.7. The molecule has 3 rings (SSSR count). The highest BCUT2D eigenvalue weighted by atomic mass is 32.1. The number of aromatic nitrogens is 1. The Bertz CT molecular complexity index is 968. The molecule has 0 saturated carbocycles. The molecule has 3 aromatic rings. The van der Waals surface area contributed by atoms with Gasteiger partial charge in [-0.2, -0.15) is 11.3 Å². The van der Waals surface area contributed by atoms with E-state index in [1.807, 2.05) is 49.7 Å². The predicted octanol–water partition coefficient (Wildman–Crippen LogP) is 4.47. The lowest BCUT2D eigenvalue weighted by Gasteiger charge is -2.13. The summed E-state index contributed by atoms with van der Waals surface area (Å²) in [6.45, 7) is 7.66. The highest BCUT2D eigenvalue weighted by Gasteiger charge is 2.17. The standard InChI is InChI=1S/C20H21N3O2S2/c1-11-7-12(2)17(13(3)8-11)23-16(24)9-21-19(25)18-14(4)22-20(27-18)15-5-6-26-10-15/h5-8,10H,9H2,1-4H3,(H,21,25)(H,23,24). The Balaban J connectivity index is 1.63. The first-order chi connectivity index (χ1) is 12.8. The van der Waals surface area contributed by atoms with Crippen LogP contribution in [0.15, 0.2) is 29.0 Å². The van der Waals surface area contributed by atoms with E-state index in [1.54, 1.807) is 18.3 Å². The lowest BCUT2D eigenvalue weighted by molar-refractivity contribution is -0.115. The molecule has 27 heavy (non-hydrogen) atoms. The summed E-state index contributed by atoms with van der Waals surface area (Å²) in [6.07, 6.45) is 0. The summed E-state index contributed by atoms with van der Waals surface area (Å²) < 4.78 is 0. The fraction of sp³-hybridized carbons (Fsp3) is 0.250. The minimum Gasteiger partial charge on any atom is -0.342 e. The van der Waals surface area contributed by atoms with Gasteiger partial charge in [-0.15, -0.1) is 11.3 Å². The van der Waals surface area contributed by atoms with E-state index in [-0.39, 0.29) is 18.4 Å². The van der Waals surface area contributed by atoms with Crippen molar-refractivity contribution in [3.63, 3.8) is 0 Å². The number of thiophene rings is 1. The van der Waals surface area contributed by atoms with Crippen molar-refractivity contribution < 1.29 is 9.59 Å². The second kappa shape index (κ2) is 8.02. The zero-order chi connectivity index (χ0) is 19.6. The number of rotatable bonds is 5. The number of amides is 2. The molecule has 2 amide bonds. The number of hydrogen-bond donors (Lipinski definition) is 2. The van der Waals surface area contributed by atoms with Crippen molar-refractivity contribution >= 4 is 40.2 Å². The van der Waals surface area contributed by atoms with Gasteiger partial charge >= 0.3 is 0 Å². The first-order valence-electron chi connectivity index (χ1n) is 8.51. The maximum atomic E-state index is 12.5.